The zero-order chi connectivity index (χ0) is 19.7. The van der Waals surface area contributed by atoms with E-state index in [1.165, 1.54) is 12.5 Å². The third kappa shape index (κ3) is 2.37. The smallest absolute Gasteiger partial charge is 0.302 e. The van der Waals surface area contributed by atoms with Gasteiger partial charge in [-0.3, -0.25) is 4.79 Å². The van der Waals surface area contributed by atoms with Gasteiger partial charge in [0.15, 0.2) is 0 Å². The average molecular weight is 376 g/mol. The molecule has 0 aliphatic heterocycles. The van der Waals surface area contributed by atoms with Gasteiger partial charge in [-0.05, 0) is 61.7 Å². The second-order valence-corrected chi connectivity index (χ2v) is 10.0. The zero-order valence-corrected chi connectivity index (χ0v) is 16.7. The highest BCUT2D eigenvalue weighted by Crippen LogP contribution is 2.73. The predicted molar refractivity (Wildman–Crippen MR) is 99.7 cm³/mol. The summed E-state index contributed by atoms with van der Waals surface area (Å²) >= 11 is 0. The number of aldehydes is 1. The molecule has 0 aromatic carbocycles. The van der Waals surface area contributed by atoms with Crippen molar-refractivity contribution in [3.8, 4) is 0 Å². The molecule has 0 aromatic rings. The molecule has 5 heteroatoms. The lowest BCUT2D eigenvalue weighted by Gasteiger charge is -2.65. The number of esters is 1. The number of fused-ring (bicyclic) bond motifs is 2. The monoisotopic (exact) mass is 376 g/mol. The van der Waals surface area contributed by atoms with Crippen LogP contribution in [0.2, 0.25) is 0 Å². The fourth-order valence-electron chi connectivity index (χ4n) is 7.31. The van der Waals surface area contributed by atoms with Crippen LogP contribution in [0.1, 0.15) is 65.7 Å². The lowest BCUT2D eigenvalue weighted by Crippen LogP contribution is -2.62. The largest absolute Gasteiger partial charge is 0.463 e. The van der Waals surface area contributed by atoms with E-state index >= 15 is 0 Å². The summed E-state index contributed by atoms with van der Waals surface area (Å²) in [7, 11) is 0. The quantitative estimate of drug-likeness (QED) is 0.450. The molecule has 150 valence electrons. The standard InChI is InChI=1S/C22H32O5/c1-14(24)27-13-22(26)9-8-21-11-16(22)10-15(21)4-5-17-19(2,12-23)18(25)6-7-20(17,21)3/h10,12,16-18,25-26H,4-9,11,13H2,1-3H3/t16-,17+,18-,19+,20+,21+,22+/m1/s1. The van der Waals surface area contributed by atoms with Gasteiger partial charge in [0.05, 0.1) is 11.5 Å². The molecule has 27 heavy (non-hydrogen) atoms. The van der Waals surface area contributed by atoms with Crippen LogP contribution in [-0.4, -0.2) is 40.8 Å². The maximum Gasteiger partial charge on any atom is 0.302 e. The minimum Gasteiger partial charge on any atom is -0.463 e. The molecule has 0 unspecified atom stereocenters. The topological polar surface area (TPSA) is 83.8 Å². The minimum absolute atomic E-state index is 0.00650. The van der Waals surface area contributed by atoms with Crippen LogP contribution in [0, 0.1) is 28.1 Å². The van der Waals surface area contributed by atoms with E-state index in [0.29, 0.717) is 12.8 Å². The summed E-state index contributed by atoms with van der Waals surface area (Å²) in [5.41, 5.74) is -0.321. The molecule has 4 rings (SSSR count). The Hall–Kier alpha value is -1.20. The van der Waals surface area contributed by atoms with E-state index < -0.39 is 17.1 Å². The van der Waals surface area contributed by atoms with E-state index in [2.05, 4.69) is 13.0 Å². The van der Waals surface area contributed by atoms with Crippen LogP contribution in [-0.2, 0) is 14.3 Å². The van der Waals surface area contributed by atoms with E-state index in [4.69, 9.17) is 4.74 Å². The summed E-state index contributed by atoms with van der Waals surface area (Å²) in [6, 6.07) is 0. The van der Waals surface area contributed by atoms with Crippen molar-refractivity contribution in [2.45, 2.75) is 77.4 Å². The van der Waals surface area contributed by atoms with E-state index in [9.17, 15) is 19.8 Å². The highest BCUT2D eigenvalue weighted by atomic mass is 16.5. The van der Waals surface area contributed by atoms with E-state index in [1.54, 1.807) is 0 Å². The Balaban J connectivity index is 1.69. The molecule has 3 saturated carbocycles. The highest BCUT2D eigenvalue weighted by Gasteiger charge is 2.68. The summed E-state index contributed by atoms with van der Waals surface area (Å²) < 4.78 is 5.18. The van der Waals surface area contributed by atoms with Gasteiger partial charge in [0.1, 0.15) is 18.5 Å². The third-order valence-electron chi connectivity index (χ3n) is 9.01. The third-order valence-corrected chi connectivity index (χ3v) is 9.01. The molecule has 0 aromatic heterocycles. The summed E-state index contributed by atoms with van der Waals surface area (Å²) in [5, 5.41) is 21.8. The number of aliphatic hydroxyl groups is 2. The summed E-state index contributed by atoms with van der Waals surface area (Å²) in [4.78, 5) is 23.3. The van der Waals surface area contributed by atoms with Gasteiger partial charge in [-0.1, -0.05) is 25.5 Å². The van der Waals surface area contributed by atoms with Crippen molar-refractivity contribution in [1.29, 1.82) is 0 Å². The lowest BCUT2D eigenvalue weighted by atomic mass is 9.39. The molecule has 4 aliphatic carbocycles. The van der Waals surface area contributed by atoms with Crippen molar-refractivity contribution in [2.75, 3.05) is 6.61 Å². The van der Waals surface area contributed by atoms with E-state index in [1.807, 2.05) is 6.92 Å². The number of aliphatic hydroxyl groups excluding tert-OH is 1. The first-order valence-corrected chi connectivity index (χ1v) is 10.3. The van der Waals surface area contributed by atoms with Crippen LogP contribution < -0.4 is 0 Å². The maximum absolute atomic E-state index is 12.0. The number of allylic oxidation sites excluding steroid dienone is 1. The Bertz CT molecular complexity index is 701. The lowest BCUT2D eigenvalue weighted by molar-refractivity contribution is -0.186. The van der Waals surface area contributed by atoms with Gasteiger partial charge in [0, 0.05) is 12.8 Å². The molecular formula is C22H32O5. The molecule has 0 amide bonds. The van der Waals surface area contributed by atoms with Crippen molar-refractivity contribution in [2.24, 2.45) is 28.1 Å². The van der Waals surface area contributed by atoms with E-state index in [0.717, 1.165) is 38.4 Å². The zero-order valence-electron chi connectivity index (χ0n) is 16.7. The van der Waals surface area contributed by atoms with Crippen molar-refractivity contribution in [1.82, 2.24) is 0 Å². The number of ether oxygens (including phenoxy) is 1. The van der Waals surface area contributed by atoms with Crippen molar-refractivity contribution >= 4 is 12.3 Å². The number of rotatable bonds is 3. The van der Waals surface area contributed by atoms with Crippen LogP contribution in [0.5, 0.6) is 0 Å². The molecule has 7 atom stereocenters. The molecule has 5 nitrogen and oxygen atoms in total. The van der Waals surface area contributed by atoms with Gasteiger partial charge in [-0.2, -0.15) is 0 Å². The Kier molecular flexibility index (Phi) is 4.18. The summed E-state index contributed by atoms with van der Waals surface area (Å²) in [6.45, 7) is 5.68. The van der Waals surface area contributed by atoms with Gasteiger partial charge in [0.25, 0.3) is 0 Å². The van der Waals surface area contributed by atoms with Crippen molar-refractivity contribution in [3.63, 3.8) is 0 Å². The van der Waals surface area contributed by atoms with Gasteiger partial charge in [-0.25, -0.2) is 0 Å². The molecule has 3 fully saturated rings. The van der Waals surface area contributed by atoms with Gasteiger partial charge in [0.2, 0.25) is 0 Å². The van der Waals surface area contributed by atoms with Crippen LogP contribution in [0.3, 0.4) is 0 Å². The SMILES string of the molecule is CC(=O)OC[C@@]1(O)CC[C@]23C[C@H]1C=C2CC[C@H]1[C@](C)(C=O)[C@H](O)CC[C@@]13C. The fourth-order valence-corrected chi connectivity index (χ4v) is 7.31. The molecule has 0 heterocycles. The number of hydrogen-bond donors (Lipinski definition) is 2. The second kappa shape index (κ2) is 5.90. The first-order chi connectivity index (χ1) is 12.6. The van der Waals surface area contributed by atoms with Crippen LogP contribution >= 0.6 is 0 Å². The van der Waals surface area contributed by atoms with Gasteiger partial charge >= 0.3 is 5.97 Å². The number of hydrogen-bond acceptors (Lipinski definition) is 5. The number of carbonyl (C=O) groups excluding carboxylic acids is 2. The molecule has 4 aliphatic rings. The predicted octanol–water partition coefficient (Wildman–Crippen LogP) is 2.78. The first kappa shape index (κ1) is 19.1. The van der Waals surface area contributed by atoms with E-state index in [-0.39, 0.29) is 35.2 Å². The average Bonchev–Trinajstić information content (AvgIpc) is 2.98. The summed E-state index contributed by atoms with van der Waals surface area (Å²) in [5.74, 6) is -0.214. The first-order valence-electron chi connectivity index (χ1n) is 10.3. The Morgan fingerprint density at radius 3 is 2.70 bits per heavy atom. The Morgan fingerprint density at radius 2 is 2.04 bits per heavy atom. The Morgan fingerprint density at radius 1 is 1.30 bits per heavy atom. The summed E-state index contributed by atoms with van der Waals surface area (Å²) in [6.07, 6.45) is 8.39. The van der Waals surface area contributed by atoms with Gasteiger partial charge in [-0.15, -0.1) is 0 Å². The minimum atomic E-state index is -0.991. The molecule has 0 saturated heterocycles. The maximum atomic E-state index is 12.0. The van der Waals surface area contributed by atoms with Crippen LogP contribution in [0.15, 0.2) is 11.6 Å². The Labute approximate surface area is 161 Å². The van der Waals surface area contributed by atoms with Crippen molar-refractivity contribution in [3.05, 3.63) is 11.6 Å². The molecule has 0 radical (unpaired) electrons. The van der Waals surface area contributed by atoms with Crippen LogP contribution in [0.25, 0.3) is 0 Å². The molecular weight excluding hydrogens is 344 g/mol. The molecule has 2 N–H and O–H groups in total. The van der Waals surface area contributed by atoms with Crippen LogP contribution in [0.4, 0.5) is 0 Å². The molecule has 2 bridgehead atoms. The fraction of sp³-hybridized carbons (Fsp3) is 0.818. The molecule has 1 spiro atoms. The van der Waals surface area contributed by atoms with Crippen molar-refractivity contribution < 1.29 is 24.5 Å². The number of carbonyl (C=O) groups is 2. The second-order valence-electron chi connectivity index (χ2n) is 10.0. The van der Waals surface area contributed by atoms with Gasteiger partial charge < -0.3 is 19.7 Å². The highest BCUT2D eigenvalue weighted by molar-refractivity contribution is 5.66. The normalized spacial score (nSPS) is 51.0.